The third-order valence-corrected chi connectivity index (χ3v) is 4.87. The molecule has 1 fully saturated rings. The van der Waals surface area contributed by atoms with Gasteiger partial charge in [0, 0.05) is 37.6 Å². The van der Waals surface area contributed by atoms with Gasteiger partial charge in [-0.1, -0.05) is 6.92 Å². The number of morpholine rings is 1. The standard InChI is InChI=1S/C14H23N3O2S/c1-3-14(2,13-15-6-11-20-13)16-5-4-12(18)17-7-9-19-10-8-17/h6,11,16H,3-5,7-10H2,1-2H3/t14-/m0/s1. The minimum absolute atomic E-state index is 0.139. The molecule has 1 amide bonds. The van der Waals surface area contributed by atoms with Crippen molar-refractivity contribution in [3.8, 4) is 0 Å². The molecule has 1 aromatic rings. The Kier molecular flexibility index (Phi) is 5.51. The van der Waals surface area contributed by atoms with Crippen LogP contribution < -0.4 is 5.32 Å². The molecule has 5 nitrogen and oxygen atoms in total. The van der Waals surface area contributed by atoms with E-state index >= 15 is 0 Å². The van der Waals surface area contributed by atoms with Gasteiger partial charge in [-0.3, -0.25) is 4.79 Å². The van der Waals surface area contributed by atoms with Crippen LogP contribution in [0.1, 0.15) is 31.7 Å². The first-order chi connectivity index (χ1) is 9.65. The molecular weight excluding hydrogens is 274 g/mol. The zero-order valence-corrected chi connectivity index (χ0v) is 13.0. The van der Waals surface area contributed by atoms with Crippen molar-refractivity contribution < 1.29 is 9.53 Å². The molecule has 2 rings (SSSR count). The highest BCUT2D eigenvalue weighted by Gasteiger charge is 2.27. The minimum atomic E-state index is -0.139. The molecule has 1 aliphatic rings. The largest absolute Gasteiger partial charge is 0.378 e. The quantitative estimate of drug-likeness (QED) is 0.866. The second-order valence-corrected chi connectivity index (χ2v) is 6.09. The number of carbonyl (C=O) groups excluding carboxylic acids is 1. The van der Waals surface area contributed by atoms with Gasteiger partial charge in [0.15, 0.2) is 0 Å². The number of aromatic nitrogens is 1. The van der Waals surface area contributed by atoms with Crippen LogP contribution in [0.5, 0.6) is 0 Å². The van der Waals surface area contributed by atoms with E-state index in [1.807, 2.05) is 16.5 Å². The monoisotopic (exact) mass is 297 g/mol. The summed E-state index contributed by atoms with van der Waals surface area (Å²) in [6, 6.07) is 0. The number of ether oxygens (including phenoxy) is 1. The highest BCUT2D eigenvalue weighted by Crippen LogP contribution is 2.26. The summed E-state index contributed by atoms with van der Waals surface area (Å²) in [5, 5.41) is 6.56. The average molecular weight is 297 g/mol. The normalized spacial score (nSPS) is 18.8. The number of carbonyl (C=O) groups is 1. The fourth-order valence-corrected chi connectivity index (χ4v) is 3.11. The second kappa shape index (κ2) is 7.15. The number of hydrogen-bond donors (Lipinski definition) is 1. The Bertz CT molecular complexity index is 418. The van der Waals surface area contributed by atoms with E-state index in [1.165, 1.54) is 0 Å². The van der Waals surface area contributed by atoms with Crippen LogP contribution in [0, 0.1) is 0 Å². The van der Waals surface area contributed by atoms with Crippen LogP contribution in [0.2, 0.25) is 0 Å². The third-order valence-electron chi connectivity index (χ3n) is 3.83. The Hall–Kier alpha value is -0.980. The second-order valence-electron chi connectivity index (χ2n) is 5.19. The van der Waals surface area contributed by atoms with E-state index < -0.39 is 0 Å². The van der Waals surface area contributed by atoms with Gasteiger partial charge in [-0.2, -0.15) is 0 Å². The van der Waals surface area contributed by atoms with Crippen molar-refractivity contribution in [2.75, 3.05) is 32.8 Å². The molecule has 0 radical (unpaired) electrons. The van der Waals surface area contributed by atoms with Crippen molar-refractivity contribution in [1.82, 2.24) is 15.2 Å². The maximum absolute atomic E-state index is 12.1. The van der Waals surface area contributed by atoms with Crippen LogP contribution in [0.4, 0.5) is 0 Å². The van der Waals surface area contributed by atoms with Crippen molar-refractivity contribution in [3.05, 3.63) is 16.6 Å². The van der Waals surface area contributed by atoms with Crippen molar-refractivity contribution in [2.45, 2.75) is 32.2 Å². The lowest BCUT2D eigenvalue weighted by Gasteiger charge is -2.29. The molecule has 1 atom stereocenters. The molecule has 0 saturated carbocycles. The van der Waals surface area contributed by atoms with Crippen molar-refractivity contribution in [1.29, 1.82) is 0 Å². The summed E-state index contributed by atoms with van der Waals surface area (Å²) in [5.74, 6) is 0.207. The Labute approximate surface area is 124 Å². The molecule has 0 spiro atoms. The van der Waals surface area contributed by atoms with E-state index in [4.69, 9.17) is 4.74 Å². The molecule has 0 unspecified atom stereocenters. The van der Waals surface area contributed by atoms with Gasteiger partial charge in [-0.15, -0.1) is 11.3 Å². The van der Waals surface area contributed by atoms with Crippen LogP contribution in [-0.4, -0.2) is 48.6 Å². The van der Waals surface area contributed by atoms with Gasteiger partial charge in [0.1, 0.15) is 5.01 Å². The van der Waals surface area contributed by atoms with Crippen molar-refractivity contribution in [3.63, 3.8) is 0 Å². The molecule has 1 aliphatic heterocycles. The topological polar surface area (TPSA) is 54.5 Å². The Morgan fingerprint density at radius 2 is 2.30 bits per heavy atom. The van der Waals surface area contributed by atoms with E-state index in [9.17, 15) is 4.79 Å². The number of hydrogen-bond acceptors (Lipinski definition) is 5. The molecule has 0 aliphatic carbocycles. The predicted molar refractivity (Wildman–Crippen MR) is 79.8 cm³/mol. The van der Waals surface area contributed by atoms with E-state index in [-0.39, 0.29) is 11.4 Å². The van der Waals surface area contributed by atoms with Crippen LogP contribution in [-0.2, 0) is 15.1 Å². The van der Waals surface area contributed by atoms with Gasteiger partial charge in [-0.25, -0.2) is 4.98 Å². The highest BCUT2D eigenvalue weighted by atomic mass is 32.1. The molecule has 1 aromatic heterocycles. The summed E-state index contributed by atoms with van der Waals surface area (Å²) in [6.07, 6.45) is 3.31. The number of rotatable bonds is 6. The Balaban J connectivity index is 1.80. The molecule has 6 heteroatoms. The zero-order valence-electron chi connectivity index (χ0n) is 12.2. The van der Waals surface area contributed by atoms with Gasteiger partial charge < -0.3 is 15.0 Å². The first-order valence-corrected chi connectivity index (χ1v) is 8.04. The van der Waals surface area contributed by atoms with Gasteiger partial charge >= 0.3 is 0 Å². The fourth-order valence-electron chi connectivity index (χ4n) is 2.26. The molecule has 112 valence electrons. The maximum Gasteiger partial charge on any atom is 0.224 e. The maximum atomic E-state index is 12.1. The number of nitrogens with zero attached hydrogens (tertiary/aromatic N) is 2. The zero-order chi connectivity index (χ0) is 14.4. The van der Waals surface area contributed by atoms with Crippen LogP contribution in [0.3, 0.4) is 0 Å². The lowest BCUT2D eigenvalue weighted by Crippen LogP contribution is -2.44. The summed E-state index contributed by atoms with van der Waals surface area (Å²) < 4.78 is 5.26. The molecule has 2 heterocycles. The molecule has 0 aromatic carbocycles. The average Bonchev–Trinajstić information content (AvgIpc) is 3.02. The lowest BCUT2D eigenvalue weighted by molar-refractivity contribution is -0.135. The molecular formula is C14H23N3O2S. The number of nitrogens with one attached hydrogen (secondary N) is 1. The van der Waals surface area contributed by atoms with E-state index in [0.29, 0.717) is 26.2 Å². The summed E-state index contributed by atoms with van der Waals surface area (Å²) in [6.45, 7) is 7.71. The third kappa shape index (κ3) is 3.77. The lowest BCUT2D eigenvalue weighted by atomic mass is 10.00. The fraction of sp³-hybridized carbons (Fsp3) is 0.714. The van der Waals surface area contributed by atoms with Crippen LogP contribution in [0.15, 0.2) is 11.6 Å². The molecule has 1 saturated heterocycles. The van der Waals surface area contributed by atoms with Gasteiger partial charge in [-0.05, 0) is 13.3 Å². The van der Waals surface area contributed by atoms with Crippen molar-refractivity contribution >= 4 is 17.2 Å². The van der Waals surface area contributed by atoms with E-state index in [2.05, 4.69) is 24.1 Å². The molecule has 20 heavy (non-hydrogen) atoms. The van der Waals surface area contributed by atoms with Gasteiger partial charge in [0.25, 0.3) is 0 Å². The SMILES string of the molecule is CC[C@](C)(NCCC(=O)N1CCOCC1)c1nccs1. The van der Waals surface area contributed by atoms with E-state index in [0.717, 1.165) is 24.5 Å². The van der Waals surface area contributed by atoms with Gasteiger partial charge in [0.05, 0.1) is 18.8 Å². The van der Waals surface area contributed by atoms with Crippen LogP contribution >= 0.6 is 11.3 Å². The molecule has 0 bridgehead atoms. The number of amides is 1. The summed E-state index contributed by atoms with van der Waals surface area (Å²) >= 11 is 1.66. The molecule has 1 N–H and O–H groups in total. The summed E-state index contributed by atoms with van der Waals surface area (Å²) in [4.78, 5) is 18.4. The highest BCUT2D eigenvalue weighted by molar-refractivity contribution is 7.09. The smallest absolute Gasteiger partial charge is 0.224 e. The summed E-state index contributed by atoms with van der Waals surface area (Å²) in [7, 11) is 0. The van der Waals surface area contributed by atoms with Crippen LogP contribution in [0.25, 0.3) is 0 Å². The number of thiazole rings is 1. The first-order valence-electron chi connectivity index (χ1n) is 7.16. The first kappa shape index (κ1) is 15.4. The predicted octanol–water partition coefficient (Wildman–Crippen LogP) is 1.61. The minimum Gasteiger partial charge on any atom is -0.378 e. The van der Waals surface area contributed by atoms with E-state index in [1.54, 1.807) is 11.3 Å². The summed E-state index contributed by atoms with van der Waals surface area (Å²) in [5.41, 5.74) is -0.139. The van der Waals surface area contributed by atoms with Gasteiger partial charge in [0.2, 0.25) is 5.91 Å². The Morgan fingerprint density at radius 1 is 1.55 bits per heavy atom. The Morgan fingerprint density at radius 3 is 2.90 bits per heavy atom. The van der Waals surface area contributed by atoms with Crippen molar-refractivity contribution in [2.24, 2.45) is 0 Å².